The average Bonchev–Trinajstić information content (AvgIpc) is 3.14. The first-order chi connectivity index (χ1) is 38.3. The molecule has 4 aliphatic heterocycles. The van der Waals surface area contributed by atoms with E-state index in [0.29, 0.717) is 0 Å². The number of hydrogen-bond acceptors (Lipinski definition) is 4. The predicted molar refractivity (Wildman–Crippen MR) is 345 cm³/mol. The number of benzene rings is 9. The van der Waals surface area contributed by atoms with Gasteiger partial charge in [0.25, 0.3) is 13.4 Å². The third-order valence-corrected chi connectivity index (χ3v) is 17.9. The molecule has 0 saturated heterocycles. The number of anilines is 6. The van der Waals surface area contributed by atoms with Gasteiger partial charge in [-0.1, -0.05) is 225 Å². The summed E-state index contributed by atoms with van der Waals surface area (Å²) in [6, 6.07) is 69.7. The van der Waals surface area contributed by atoms with Crippen molar-refractivity contribution in [2.45, 2.75) is 137 Å². The normalized spacial score (nSPS) is 15.1. The highest BCUT2D eigenvalue weighted by Crippen LogP contribution is 2.50. The van der Waals surface area contributed by atoms with Crippen LogP contribution in [0.1, 0.15) is 154 Å². The van der Waals surface area contributed by atoms with Gasteiger partial charge in [-0.25, -0.2) is 0 Å². The molecule has 4 aliphatic rings. The van der Waals surface area contributed by atoms with Gasteiger partial charge in [-0.3, -0.25) is 0 Å². The molecule has 9 aromatic rings. The topological polar surface area (TPSA) is 24.9 Å². The first-order valence-electron chi connectivity index (χ1n) is 29.4. The summed E-state index contributed by atoms with van der Waals surface area (Å²) in [6.45, 7) is 34.4. The van der Waals surface area contributed by atoms with Gasteiger partial charge >= 0.3 is 0 Å². The second-order valence-corrected chi connectivity index (χ2v) is 28.6. The highest BCUT2D eigenvalue weighted by atomic mass is 16.5. The maximum absolute atomic E-state index is 7.60. The number of fused-ring (bicyclic) bond motifs is 9. The Kier molecular flexibility index (Phi) is 12.0. The number of nitrogens with zero attached hydrogens (tertiary/aromatic N) is 2. The molecule has 4 heterocycles. The zero-order valence-electron chi connectivity index (χ0n) is 50.3. The summed E-state index contributed by atoms with van der Waals surface area (Å²) in [6.07, 6.45) is 0. The van der Waals surface area contributed by atoms with Gasteiger partial charge in [-0.15, -0.1) is 0 Å². The van der Waals surface area contributed by atoms with Crippen LogP contribution in [0.3, 0.4) is 0 Å². The van der Waals surface area contributed by atoms with Crippen LogP contribution in [0.4, 0.5) is 34.1 Å². The van der Waals surface area contributed by atoms with Crippen LogP contribution in [0.25, 0.3) is 0 Å². The van der Waals surface area contributed by atoms with Crippen LogP contribution < -0.4 is 52.1 Å². The molecule has 1 atom stereocenters. The highest BCUT2D eigenvalue weighted by Gasteiger charge is 2.51. The van der Waals surface area contributed by atoms with Crippen molar-refractivity contribution in [2.24, 2.45) is 0 Å². The largest absolute Gasteiger partial charge is 0.459 e. The number of hydrogen-bond donors (Lipinski definition) is 0. The number of rotatable bonds is 5. The Morgan fingerprint density at radius 2 is 0.815 bits per heavy atom. The van der Waals surface area contributed by atoms with Crippen molar-refractivity contribution >= 4 is 80.3 Å². The minimum absolute atomic E-state index is 0.00561. The smallest absolute Gasteiger partial charge is 0.260 e. The van der Waals surface area contributed by atoms with E-state index >= 15 is 0 Å². The third kappa shape index (κ3) is 8.82. The fourth-order valence-corrected chi connectivity index (χ4v) is 13.3. The summed E-state index contributed by atoms with van der Waals surface area (Å²) in [5.41, 5.74) is 24.0. The second-order valence-electron chi connectivity index (χ2n) is 28.6. The van der Waals surface area contributed by atoms with Crippen molar-refractivity contribution in [2.75, 3.05) is 9.80 Å². The summed E-state index contributed by atoms with van der Waals surface area (Å²) < 4.78 is 14.8. The summed E-state index contributed by atoms with van der Waals surface area (Å²) in [5, 5.41) is 0. The van der Waals surface area contributed by atoms with E-state index in [4.69, 9.17) is 9.47 Å². The molecule has 1 unspecified atom stereocenters. The van der Waals surface area contributed by atoms with Crippen LogP contribution in [0.2, 0.25) is 0 Å². The highest BCUT2D eigenvalue weighted by molar-refractivity contribution is 7.02. The monoisotopic (exact) mass is 1060 g/mol. The molecule has 0 radical (unpaired) electrons. The lowest BCUT2D eigenvalue weighted by Crippen LogP contribution is -2.65. The van der Waals surface area contributed by atoms with E-state index < -0.39 is 0 Å². The number of ether oxygens (including phenoxy) is 2. The van der Waals surface area contributed by atoms with Gasteiger partial charge in [-0.05, 0) is 154 Å². The molecular formula is C75H76B2N2O2. The molecule has 0 aliphatic carbocycles. The Balaban J connectivity index is 1.18. The van der Waals surface area contributed by atoms with Gasteiger partial charge in [0.2, 0.25) is 0 Å². The van der Waals surface area contributed by atoms with Crippen LogP contribution >= 0.6 is 0 Å². The molecule has 0 spiro atoms. The van der Waals surface area contributed by atoms with Crippen LogP contribution in [-0.2, 0) is 27.1 Å². The Morgan fingerprint density at radius 1 is 0.358 bits per heavy atom. The van der Waals surface area contributed by atoms with Crippen molar-refractivity contribution in [3.05, 3.63) is 226 Å². The average molecular weight is 1060 g/mol. The maximum Gasteiger partial charge on any atom is 0.260 e. The van der Waals surface area contributed by atoms with Crippen molar-refractivity contribution < 1.29 is 9.47 Å². The zero-order valence-corrected chi connectivity index (χ0v) is 50.3. The molecule has 0 N–H and O–H groups in total. The molecule has 404 valence electrons. The molecule has 0 bridgehead atoms. The van der Waals surface area contributed by atoms with Gasteiger partial charge in [-0.2, -0.15) is 0 Å². The van der Waals surface area contributed by atoms with E-state index in [1.807, 2.05) is 0 Å². The van der Waals surface area contributed by atoms with E-state index in [-0.39, 0.29) is 46.4 Å². The van der Waals surface area contributed by atoms with Crippen molar-refractivity contribution in [3.8, 4) is 23.0 Å². The summed E-state index contributed by atoms with van der Waals surface area (Å²) in [4.78, 5) is 5.06. The lowest BCUT2D eigenvalue weighted by molar-refractivity contribution is 0.467. The van der Waals surface area contributed by atoms with Crippen LogP contribution in [0.15, 0.2) is 182 Å². The summed E-state index contributed by atoms with van der Waals surface area (Å²) >= 11 is 0. The molecule has 13 rings (SSSR count). The molecule has 6 heteroatoms. The van der Waals surface area contributed by atoms with Gasteiger partial charge in [0.1, 0.15) is 23.0 Å². The van der Waals surface area contributed by atoms with Gasteiger partial charge < -0.3 is 19.3 Å². The van der Waals surface area contributed by atoms with Crippen LogP contribution in [0.5, 0.6) is 23.0 Å². The predicted octanol–water partition coefficient (Wildman–Crippen LogP) is 16.2. The molecule has 81 heavy (non-hydrogen) atoms. The Labute approximate surface area is 483 Å². The van der Waals surface area contributed by atoms with Crippen molar-refractivity contribution in [3.63, 3.8) is 0 Å². The molecule has 0 amide bonds. The Bertz CT molecular complexity index is 3890. The van der Waals surface area contributed by atoms with Gasteiger partial charge in [0, 0.05) is 51.6 Å². The van der Waals surface area contributed by atoms with Crippen molar-refractivity contribution in [1.82, 2.24) is 0 Å². The van der Waals surface area contributed by atoms with Crippen LogP contribution in [-0.4, -0.2) is 13.4 Å². The molecular weight excluding hydrogens is 982 g/mol. The standard InChI is InChI=1S/C75H76B2N2O2/c1-71(2,3)47-26-24-46(25-27-47)66-56-41-34-51(75(13,14)15)42-60(56)77-67-57(66)43-55(78(52-35-28-48(29-36-52)72(4,5)6)53-37-30-49(31-38-53)73(7,8)9)44-61(67)79(54-39-32-50(33-40-54)74(10,11)12)62-45-65-69-70(68(62)77)81-64-23-19-17-21-59(64)76(69)58-20-16-18-22-63(58)80-65/h16-45,66H,1-15H3. The maximum atomic E-state index is 7.60. The summed E-state index contributed by atoms with van der Waals surface area (Å²) in [7, 11) is 0. The summed E-state index contributed by atoms with van der Waals surface area (Å²) in [5.74, 6) is 3.38. The van der Waals surface area contributed by atoms with E-state index in [2.05, 4.69) is 296 Å². The van der Waals surface area contributed by atoms with Crippen molar-refractivity contribution in [1.29, 1.82) is 0 Å². The second kappa shape index (κ2) is 18.4. The number of para-hydroxylation sites is 2. The Morgan fingerprint density at radius 3 is 1.33 bits per heavy atom. The molecule has 4 nitrogen and oxygen atoms in total. The first-order valence-corrected chi connectivity index (χ1v) is 29.4. The third-order valence-electron chi connectivity index (χ3n) is 17.9. The molecule has 0 aromatic heterocycles. The fourth-order valence-electron chi connectivity index (χ4n) is 13.3. The minimum atomic E-state index is -0.208. The van der Waals surface area contributed by atoms with Gasteiger partial charge in [0.05, 0.1) is 0 Å². The zero-order chi connectivity index (χ0) is 56.9. The van der Waals surface area contributed by atoms with E-state index in [0.717, 1.165) is 73.5 Å². The lowest BCUT2D eigenvalue weighted by Gasteiger charge is -2.46. The van der Waals surface area contributed by atoms with Gasteiger partial charge in [0.15, 0.2) is 0 Å². The quantitative estimate of drug-likeness (QED) is 0.160. The van der Waals surface area contributed by atoms with E-state index in [9.17, 15) is 0 Å². The van der Waals surface area contributed by atoms with Crippen LogP contribution in [0, 0.1) is 0 Å². The van der Waals surface area contributed by atoms with E-state index in [1.165, 1.54) is 60.9 Å². The lowest BCUT2D eigenvalue weighted by atomic mass is 9.28. The minimum Gasteiger partial charge on any atom is -0.459 e. The molecule has 0 saturated carbocycles. The first kappa shape index (κ1) is 52.7. The molecule has 0 fully saturated rings. The molecule has 9 aromatic carbocycles. The SMILES string of the molecule is CC(C)(C)c1ccc(C2c3ccc(C(C)(C)C)cc3B3c4c2cc(N(c2ccc(C(C)(C)C)cc2)c2ccc(C(C)(C)C)cc2)cc4N(c2ccc(C(C)(C)C)cc2)c2cc4c5c(c23)Oc2ccccc2B5c2ccccc2O4)cc1. The fraction of sp³-hybridized carbons (Fsp3) is 0.280. The Hall–Kier alpha value is -7.69. The van der Waals surface area contributed by atoms with E-state index in [1.54, 1.807) is 0 Å².